The molecule has 0 radical (unpaired) electrons. The van der Waals surface area contributed by atoms with Crippen molar-refractivity contribution < 1.29 is 13.2 Å². The average molecular weight is 376 g/mol. The van der Waals surface area contributed by atoms with Crippen LogP contribution < -0.4 is 9.46 Å². The monoisotopic (exact) mass is 375 g/mol. The van der Waals surface area contributed by atoms with Crippen molar-refractivity contribution in [3.8, 4) is 5.75 Å². The molecule has 0 aliphatic rings. The number of hydrogen-bond donors (Lipinski definition) is 1. The van der Waals surface area contributed by atoms with E-state index in [2.05, 4.69) is 30.7 Å². The number of sulfonamides is 1. The van der Waals surface area contributed by atoms with Gasteiger partial charge in [-0.15, -0.1) is 0 Å². The second-order valence-electron chi connectivity index (χ2n) is 7.49. The van der Waals surface area contributed by atoms with Gasteiger partial charge >= 0.3 is 0 Å². The van der Waals surface area contributed by atoms with Gasteiger partial charge in [-0.1, -0.05) is 44.2 Å². The first-order chi connectivity index (χ1) is 12.1. The fourth-order valence-electron chi connectivity index (χ4n) is 3.43. The molecular weight excluding hydrogens is 346 g/mol. The number of nitrogens with one attached hydrogen (secondary N) is 1. The summed E-state index contributed by atoms with van der Waals surface area (Å²) >= 11 is 0. The molecule has 5 heteroatoms. The molecule has 26 heavy (non-hydrogen) atoms. The molecule has 0 unspecified atom stereocenters. The Labute approximate surface area is 157 Å². The van der Waals surface area contributed by atoms with Crippen molar-refractivity contribution in [1.29, 1.82) is 0 Å². The zero-order valence-corrected chi connectivity index (χ0v) is 17.3. The van der Waals surface area contributed by atoms with Crippen LogP contribution in [0.1, 0.15) is 43.9 Å². The van der Waals surface area contributed by atoms with Crippen molar-refractivity contribution in [3.05, 3.63) is 59.2 Å². The van der Waals surface area contributed by atoms with Crippen LogP contribution in [0, 0.1) is 13.8 Å². The number of benzene rings is 2. The first-order valence-electron chi connectivity index (χ1n) is 8.80. The Morgan fingerprint density at radius 1 is 1.04 bits per heavy atom. The molecule has 1 N–H and O–H groups in total. The van der Waals surface area contributed by atoms with Crippen LogP contribution in [0.25, 0.3) is 0 Å². The molecule has 0 spiro atoms. The molecule has 4 nitrogen and oxygen atoms in total. The van der Waals surface area contributed by atoms with Gasteiger partial charge in [-0.3, -0.25) is 0 Å². The lowest BCUT2D eigenvalue weighted by atomic mass is 9.79. The number of ether oxygens (including phenoxy) is 1. The number of methoxy groups -OCH3 is 1. The Bertz CT molecular complexity index is 858. The normalized spacial score (nSPS) is 13.5. The molecule has 2 rings (SSSR count). The van der Waals surface area contributed by atoms with Crippen LogP contribution in [-0.4, -0.2) is 21.6 Å². The summed E-state index contributed by atoms with van der Waals surface area (Å²) < 4.78 is 33.9. The van der Waals surface area contributed by atoms with E-state index in [1.165, 1.54) is 5.56 Å². The van der Waals surface area contributed by atoms with Crippen LogP contribution in [-0.2, 0) is 15.4 Å². The third-order valence-corrected chi connectivity index (χ3v) is 6.66. The van der Waals surface area contributed by atoms with Crippen molar-refractivity contribution in [1.82, 2.24) is 4.72 Å². The molecule has 0 aromatic heterocycles. The Morgan fingerprint density at radius 2 is 1.65 bits per heavy atom. The second-order valence-corrected chi connectivity index (χ2v) is 9.17. The molecule has 0 saturated carbocycles. The summed E-state index contributed by atoms with van der Waals surface area (Å²) in [6, 6.07) is 13.3. The molecule has 0 bridgehead atoms. The van der Waals surface area contributed by atoms with E-state index in [4.69, 9.17) is 4.74 Å². The summed E-state index contributed by atoms with van der Waals surface area (Å²) in [6.45, 7) is 9.86. The second kappa shape index (κ2) is 7.80. The topological polar surface area (TPSA) is 55.4 Å². The standard InChI is InChI=1S/C21H29NO3S/c1-15(14-21(4,5)18-10-8-7-9-11-18)22-26(23,24)20-13-12-19(25-6)16(2)17(20)3/h7-13,15,22H,14H2,1-6H3/t15-/m1/s1. The van der Waals surface area contributed by atoms with E-state index in [0.717, 1.165) is 5.56 Å². The Morgan fingerprint density at radius 3 is 2.23 bits per heavy atom. The minimum atomic E-state index is -3.60. The van der Waals surface area contributed by atoms with E-state index >= 15 is 0 Å². The van der Waals surface area contributed by atoms with Crippen LogP contribution in [0.3, 0.4) is 0 Å². The van der Waals surface area contributed by atoms with E-state index in [0.29, 0.717) is 22.6 Å². The van der Waals surface area contributed by atoms with E-state index in [1.54, 1.807) is 19.2 Å². The van der Waals surface area contributed by atoms with Crippen LogP contribution in [0.4, 0.5) is 0 Å². The van der Waals surface area contributed by atoms with Gasteiger partial charge in [-0.2, -0.15) is 0 Å². The van der Waals surface area contributed by atoms with Crippen molar-refractivity contribution in [2.24, 2.45) is 0 Å². The highest BCUT2D eigenvalue weighted by atomic mass is 32.2. The maximum absolute atomic E-state index is 12.9. The third-order valence-electron chi connectivity index (χ3n) is 4.93. The lowest BCUT2D eigenvalue weighted by Gasteiger charge is -2.29. The molecular formula is C21H29NO3S. The maximum Gasteiger partial charge on any atom is 0.241 e. The summed E-state index contributed by atoms with van der Waals surface area (Å²) in [5.41, 5.74) is 2.62. The lowest BCUT2D eigenvalue weighted by Crippen LogP contribution is -2.37. The first kappa shape index (κ1) is 20.5. The molecule has 2 aromatic carbocycles. The van der Waals surface area contributed by atoms with Crippen molar-refractivity contribution in [3.63, 3.8) is 0 Å². The fourth-order valence-corrected chi connectivity index (χ4v) is 4.97. The smallest absolute Gasteiger partial charge is 0.241 e. The maximum atomic E-state index is 12.9. The summed E-state index contributed by atoms with van der Waals surface area (Å²) in [4.78, 5) is 0.306. The Hall–Kier alpha value is -1.85. The van der Waals surface area contributed by atoms with Gasteiger partial charge in [-0.05, 0) is 61.4 Å². The Balaban J connectivity index is 2.20. The van der Waals surface area contributed by atoms with Crippen molar-refractivity contribution in [2.75, 3.05) is 7.11 Å². The highest BCUT2D eigenvalue weighted by Gasteiger charge is 2.27. The van der Waals surface area contributed by atoms with E-state index in [-0.39, 0.29) is 11.5 Å². The predicted octanol–water partition coefficient (Wildman–Crippen LogP) is 4.35. The molecule has 0 amide bonds. The minimum absolute atomic E-state index is 0.131. The zero-order chi connectivity index (χ0) is 19.5. The molecule has 2 aromatic rings. The molecule has 0 aliphatic carbocycles. The highest BCUT2D eigenvalue weighted by molar-refractivity contribution is 7.89. The average Bonchev–Trinajstić information content (AvgIpc) is 2.56. The van der Waals surface area contributed by atoms with Crippen LogP contribution in [0.15, 0.2) is 47.4 Å². The largest absolute Gasteiger partial charge is 0.496 e. The van der Waals surface area contributed by atoms with Crippen LogP contribution in [0.5, 0.6) is 5.75 Å². The quantitative estimate of drug-likeness (QED) is 0.783. The summed E-state index contributed by atoms with van der Waals surface area (Å²) in [7, 11) is -2.01. The van der Waals surface area contributed by atoms with Gasteiger partial charge < -0.3 is 4.74 Å². The molecule has 142 valence electrons. The van der Waals surface area contributed by atoms with Gasteiger partial charge in [0.1, 0.15) is 5.75 Å². The SMILES string of the molecule is COc1ccc(S(=O)(=O)N[C@H](C)CC(C)(C)c2ccccc2)c(C)c1C. The highest BCUT2D eigenvalue weighted by Crippen LogP contribution is 2.30. The van der Waals surface area contributed by atoms with Crippen LogP contribution in [0.2, 0.25) is 0 Å². The first-order valence-corrected chi connectivity index (χ1v) is 10.3. The van der Waals surface area contributed by atoms with Gasteiger partial charge in [0.2, 0.25) is 10.0 Å². The predicted molar refractivity (Wildman–Crippen MR) is 106 cm³/mol. The molecule has 0 saturated heterocycles. The zero-order valence-electron chi connectivity index (χ0n) is 16.5. The van der Waals surface area contributed by atoms with E-state index in [1.807, 2.05) is 39.0 Å². The Kier molecular flexibility index (Phi) is 6.14. The van der Waals surface area contributed by atoms with Gasteiger partial charge in [0, 0.05) is 6.04 Å². The summed E-state index contributed by atoms with van der Waals surface area (Å²) in [5.74, 6) is 0.694. The van der Waals surface area contributed by atoms with Gasteiger partial charge in [0.15, 0.2) is 0 Å². The number of rotatable bonds is 7. The number of hydrogen-bond acceptors (Lipinski definition) is 3. The van der Waals surface area contributed by atoms with Crippen LogP contribution >= 0.6 is 0 Å². The lowest BCUT2D eigenvalue weighted by molar-refractivity contribution is 0.410. The summed E-state index contributed by atoms with van der Waals surface area (Å²) in [6.07, 6.45) is 0.699. The van der Waals surface area contributed by atoms with E-state index < -0.39 is 10.0 Å². The minimum Gasteiger partial charge on any atom is -0.496 e. The van der Waals surface area contributed by atoms with Gasteiger partial charge in [0.05, 0.1) is 12.0 Å². The third kappa shape index (κ3) is 4.46. The van der Waals surface area contributed by atoms with Gasteiger partial charge in [0.25, 0.3) is 0 Å². The summed E-state index contributed by atoms with van der Waals surface area (Å²) in [5, 5.41) is 0. The van der Waals surface area contributed by atoms with E-state index in [9.17, 15) is 8.42 Å². The van der Waals surface area contributed by atoms with Crippen molar-refractivity contribution >= 4 is 10.0 Å². The molecule has 0 aliphatic heterocycles. The van der Waals surface area contributed by atoms with Gasteiger partial charge in [-0.25, -0.2) is 13.1 Å². The fraction of sp³-hybridized carbons (Fsp3) is 0.429. The molecule has 1 atom stereocenters. The molecule has 0 heterocycles. The molecule has 0 fully saturated rings. The van der Waals surface area contributed by atoms with Crippen molar-refractivity contribution in [2.45, 2.75) is 57.4 Å².